The Bertz CT molecular complexity index is 976. The number of alkyl halides is 3. The van der Waals surface area contributed by atoms with Crippen LogP contribution in [0.3, 0.4) is 0 Å². The van der Waals surface area contributed by atoms with Gasteiger partial charge in [-0.3, -0.25) is 4.68 Å². The van der Waals surface area contributed by atoms with Crippen LogP contribution in [0.1, 0.15) is 16.8 Å². The number of hydrogen-bond donors (Lipinski definition) is 1. The maximum Gasteiger partial charge on any atom is 0.416 e. The Morgan fingerprint density at radius 3 is 2.50 bits per heavy atom. The van der Waals surface area contributed by atoms with Crippen LogP contribution in [0, 0.1) is 11.6 Å². The van der Waals surface area contributed by atoms with Crippen LogP contribution >= 0.6 is 0 Å². The van der Waals surface area contributed by atoms with Gasteiger partial charge in [0.25, 0.3) is 0 Å². The molecule has 3 rings (SSSR count). The van der Waals surface area contributed by atoms with E-state index in [-0.39, 0.29) is 24.2 Å². The lowest BCUT2D eigenvalue weighted by atomic mass is 10.1. The van der Waals surface area contributed by atoms with Crippen molar-refractivity contribution in [3.8, 4) is 0 Å². The summed E-state index contributed by atoms with van der Waals surface area (Å²) in [6, 6.07) is 6.13. The number of halogens is 5. The highest BCUT2D eigenvalue weighted by molar-refractivity contribution is 5.88. The molecule has 1 N–H and O–H groups in total. The van der Waals surface area contributed by atoms with Gasteiger partial charge in [0.2, 0.25) is 0 Å². The first-order chi connectivity index (χ1) is 12.3. The van der Waals surface area contributed by atoms with E-state index in [2.05, 4.69) is 5.10 Å². The molecule has 0 saturated carbocycles. The van der Waals surface area contributed by atoms with Crippen molar-refractivity contribution in [3.05, 3.63) is 70.9 Å². The van der Waals surface area contributed by atoms with Crippen LogP contribution in [0.2, 0.25) is 0 Å². The first-order valence-corrected chi connectivity index (χ1v) is 7.58. The molecule has 0 spiro atoms. The van der Waals surface area contributed by atoms with Gasteiger partial charge in [0, 0.05) is 17.0 Å². The molecule has 0 fully saturated rings. The van der Waals surface area contributed by atoms with E-state index in [4.69, 9.17) is 5.11 Å². The topological polar surface area (TPSA) is 38.1 Å². The van der Waals surface area contributed by atoms with Gasteiger partial charge in [0.1, 0.15) is 11.6 Å². The maximum atomic E-state index is 13.9. The van der Waals surface area contributed by atoms with Crippen molar-refractivity contribution >= 4 is 17.0 Å². The van der Waals surface area contributed by atoms with Crippen molar-refractivity contribution in [2.45, 2.75) is 12.7 Å². The zero-order valence-electron chi connectivity index (χ0n) is 13.3. The first kappa shape index (κ1) is 18.1. The van der Waals surface area contributed by atoms with Crippen LogP contribution in [0.4, 0.5) is 22.0 Å². The van der Waals surface area contributed by atoms with E-state index in [1.165, 1.54) is 29.0 Å². The summed E-state index contributed by atoms with van der Waals surface area (Å²) in [4.78, 5) is 0. The summed E-state index contributed by atoms with van der Waals surface area (Å²) in [5, 5.41) is 13.5. The molecular formula is C18H13F5N2O. The summed E-state index contributed by atoms with van der Waals surface area (Å²) in [7, 11) is 0. The molecule has 3 aromatic rings. The third-order valence-electron chi connectivity index (χ3n) is 3.82. The molecule has 1 heterocycles. The van der Waals surface area contributed by atoms with Crippen LogP contribution in [0.25, 0.3) is 17.0 Å². The van der Waals surface area contributed by atoms with Crippen molar-refractivity contribution < 1.29 is 27.1 Å². The Labute approximate surface area is 145 Å². The van der Waals surface area contributed by atoms with E-state index >= 15 is 0 Å². The van der Waals surface area contributed by atoms with E-state index in [0.717, 1.165) is 18.2 Å². The number of nitrogens with zero attached hydrogens (tertiary/aromatic N) is 2. The minimum absolute atomic E-state index is 0.0888. The summed E-state index contributed by atoms with van der Waals surface area (Å²) in [5.74, 6) is -1.56. The zero-order valence-corrected chi connectivity index (χ0v) is 13.3. The molecule has 8 heteroatoms. The predicted molar refractivity (Wildman–Crippen MR) is 86.3 cm³/mol. The lowest BCUT2D eigenvalue weighted by Gasteiger charge is -2.08. The van der Waals surface area contributed by atoms with Crippen molar-refractivity contribution in [1.29, 1.82) is 0 Å². The summed E-state index contributed by atoms with van der Waals surface area (Å²) < 4.78 is 67.2. The number of aliphatic hydroxyl groups is 1. The minimum Gasteiger partial charge on any atom is -0.392 e. The second-order valence-corrected chi connectivity index (χ2v) is 5.59. The lowest BCUT2D eigenvalue weighted by molar-refractivity contribution is -0.137. The third kappa shape index (κ3) is 3.60. The second kappa shape index (κ2) is 6.87. The number of hydrogen-bond acceptors (Lipinski definition) is 2. The van der Waals surface area contributed by atoms with E-state index < -0.39 is 23.4 Å². The van der Waals surface area contributed by atoms with Gasteiger partial charge in [0.15, 0.2) is 0 Å². The largest absolute Gasteiger partial charge is 0.416 e. The molecule has 1 aromatic heterocycles. The van der Waals surface area contributed by atoms with E-state index in [1.807, 2.05) is 0 Å². The molecular weight excluding hydrogens is 355 g/mol. The number of aromatic nitrogens is 2. The standard InChI is InChI=1S/C18H13F5N2O/c19-13-5-3-11(15(20)9-13)10-25-17-8-12(18(21,22)23)4-6-14(17)16(24-25)2-1-7-26/h1-6,8-9,26H,7,10H2/b2-1+. The Morgan fingerprint density at radius 2 is 1.85 bits per heavy atom. The van der Waals surface area contributed by atoms with Crippen molar-refractivity contribution in [3.63, 3.8) is 0 Å². The van der Waals surface area contributed by atoms with Gasteiger partial charge in [-0.25, -0.2) is 8.78 Å². The van der Waals surface area contributed by atoms with E-state index in [1.54, 1.807) is 0 Å². The normalized spacial score (nSPS) is 12.4. The minimum atomic E-state index is -4.54. The van der Waals surface area contributed by atoms with Crippen molar-refractivity contribution in [2.75, 3.05) is 6.61 Å². The molecule has 0 atom stereocenters. The molecule has 0 aliphatic rings. The van der Waals surface area contributed by atoms with Crippen molar-refractivity contribution in [1.82, 2.24) is 9.78 Å². The fraction of sp³-hybridized carbons (Fsp3) is 0.167. The van der Waals surface area contributed by atoms with Gasteiger partial charge < -0.3 is 5.11 Å². The quantitative estimate of drug-likeness (QED) is 0.694. The molecule has 136 valence electrons. The highest BCUT2D eigenvalue weighted by atomic mass is 19.4. The van der Waals surface area contributed by atoms with Gasteiger partial charge in [-0.05, 0) is 30.3 Å². The van der Waals surface area contributed by atoms with Crippen LogP contribution in [0.5, 0.6) is 0 Å². The monoisotopic (exact) mass is 368 g/mol. The fourth-order valence-electron chi connectivity index (χ4n) is 2.60. The number of rotatable bonds is 4. The molecule has 0 saturated heterocycles. The summed E-state index contributed by atoms with van der Waals surface area (Å²) in [5.41, 5.74) is -0.277. The average molecular weight is 368 g/mol. The predicted octanol–water partition coefficient (Wildman–Crippen LogP) is 4.39. The Hall–Kier alpha value is -2.74. The highest BCUT2D eigenvalue weighted by Gasteiger charge is 2.31. The van der Waals surface area contributed by atoms with Crippen LogP contribution in [0.15, 0.2) is 42.5 Å². The fourth-order valence-corrected chi connectivity index (χ4v) is 2.60. The summed E-state index contributed by atoms with van der Waals surface area (Å²) in [6.45, 7) is -0.432. The molecule has 0 amide bonds. The number of fused-ring (bicyclic) bond motifs is 1. The molecule has 2 aromatic carbocycles. The molecule has 26 heavy (non-hydrogen) atoms. The SMILES string of the molecule is OC/C=C/c1nn(Cc2ccc(F)cc2F)c2cc(C(F)(F)F)ccc12. The average Bonchev–Trinajstić information content (AvgIpc) is 2.92. The maximum absolute atomic E-state index is 13.9. The van der Waals surface area contributed by atoms with Gasteiger partial charge >= 0.3 is 6.18 Å². The van der Waals surface area contributed by atoms with Gasteiger partial charge in [-0.1, -0.05) is 12.1 Å². The first-order valence-electron chi connectivity index (χ1n) is 7.58. The number of aliphatic hydroxyl groups excluding tert-OH is 1. The lowest BCUT2D eigenvalue weighted by Crippen LogP contribution is -2.07. The molecule has 3 nitrogen and oxygen atoms in total. The highest BCUT2D eigenvalue weighted by Crippen LogP contribution is 2.32. The van der Waals surface area contributed by atoms with Gasteiger partial charge in [-0.2, -0.15) is 18.3 Å². The Balaban J connectivity index is 2.14. The number of benzene rings is 2. The zero-order chi connectivity index (χ0) is 18.9. The van der Waals surface area contributed by atoms with E-state index in [9.17, 15) is 22.0 Å². The molecule has 0 bridgehead atoms. The Morgan fingerprint density at radius 1 is 1.08 bits per heavy atom. The van der Waals surface area contributed by atoms with E-state index in [0.29, 0.717) is 17.1 Å². The smallest absolute Gasteiger partial charge is 0.392 e. The molecule has 0 aliphatic heterocycles. The molecule has 0 radical (unpaired) electrons. The third-order valence-corrected chi connectivity index (χ3v) is 3.82. The Kier molecular flexibility index (Phi) is 4.78. The van der Waals surface area contributed by atoms with Crippen LogP contribution in [-0.4, -0.2) is 21.5 Å². The van der Waals surface area contributed by atoms with Crippen LogP contribution in [-0.2, 0) is 12.7 Å². The summed E-state index contributed by atoms with van der Waals surface area (Å²) in [6.07, 6.45) is -1.68. The van der Waals surface area contributed by atoms with Gasteiger partial charge in [-0.15, -0.1) is 0 Å². The molecule has 0 unspecified atom stereocenters. The second-order valence-electron chi connectivity index (χ2n) is 5.59. The van der Waals surface area contributed by atoms with Gasteiger partial charge in [0.05, 0.1) is 29.9 Å². The van der Waals surface area contributed by atoms with Crippen LogP contribution < -0.4 is 0 Å². The molecule has 0 aliphatic carbocycles. The summed E-state index contributed by atoms with van der Waals surface area (Å²) >= 11 is 0. The van der Waals surface area contributed by atoms with Crippen molar-refractivity contribution in [2.24, 2.45) is 0 Å².